The highest BCUT2D eigenvalue weighted by Gasteiger charge is 2.46. The van der Waals surface area contributed by atoms with Crippen molar-refractivity contribution in [2.45, 2.75) is 31.9 Å². The third-order valence-electron chi connectivity index (χ3n) is 5.40. The van der Waals surface area contributed by atoms with Gasteiger partial charge < -0.3 is 14.7 Å². The number of aliphatic hydroxyl groups is 1. The maximum absolute atomic E-state index is 12.9. The van der Waals surface area contributed by atoms with Crippen molar-refractivity contribution < 1.29 is 19.4 Å². The van der Waals surface area contributed by atoms with Gasteiger partial charge in [-0.1, -0.05) is 60.2 Å². The van der Waals surface area contributed by atoms with E-state index in [-0.39, 0.29) is 17.4 Å². The van der Waals surface area contributed by atoms with Crippen LogP contribution in [0.25, 0.3) is 5.76 Å². The van der Waals surface area contributed by atoms with Crippen LogP contribution in [0.3, 0.4) is 0 Å². The predicted octanol–water partition coefficient (Wildman–Crippen LogP) is 3.60. The minimum atomic E-state index is -0.648. The zero-order valence-electron chi connectivity index (χ0n) is 15.8. The first kappa shape index (κ1) is 18.4. The largest absolute Gasteiger partial charge is 0.507 e. The molecule has 0 aliphatic carbocycles. The third kappa shape index (κ3) is 3.34. The van der Waals surface area contributed by atoms with Gasteiger partial charge in [0.15, 0.2) is 0 Å². The molecule has 1 N–H and O–H groups in total. The lowest BCUT2D eigenvalue weighted by Gasteiger charge is -2.27. The Morgan fingerprint density at radius 2 is 1.82 bits per heavy atom. The molecule has 2 aliphatic rings. The van der Waals surface area contributed by atoms with Crippen LogP contribution in [0.5, 0.6) is 0 Å². The second-order valence-corrected chi connectivity index (χ2v) is 7.36. The smallest absolute Gasteiger partial charge is 0.295 e. The molecule has 28 heavy (non-hydrogen) atoms. The number of likely N-dealkylation sites (tertiary alicyclic amines) is 1. The number of amides is 1. The Labute approximate surface area is 164 Å². The number of ether oxygens (including phenoxy) is 1. The monoisotopic (exact) mass is 377 g/mol. The molecule has 2 heterocycles. The first-order valence-corrected chi connectivity index (χ1v) is 9.58. The van der Waals surface area contributed by atoms with Crippen LogP contribution in [0.2, 0.25) is 0 Å². The average Bonchev–Trinajstić information content (AvgIpc) is 3.31. The fourth-order valence-electron chi connectivity index (χ4n) is 3.92. The van der Waals surface area contributed by atoms with Crippen molar-refractivity contribution in [2.75, 3.05) is 13.2 Å². The van der Waals surface area contributed by atoms with Crippen LogP contribution < -0.4 is 0 Å². The first-order valence-electron chi connectivity index (χ1n) is 9.58. The zero-order valence-corrected chi connectivity index (χ0v) is 15.8. The van der Waals surface area contributed by atoms with Gasteiger partial charge in [-0.15, -0.1) is 0 Å². The number of Topliss-reactive ketones (excluding diaryl/α,β-unsaturated/α-hetero) is 1. The molecular weight excluding hydrogens is 354 g/mol. The molecule has 5 nitrogen and oxygen atoms in total. The van der Waals surface area contributed by atoms with Gasteiger partial charge in [0.1, 0.15) is 5.76 Å². The Morgan fingerprint density at radius 1 is 1.11 bits per heavy atom. The maximum Gasteiger partial charge on any atom is 0.295 e. The van der Waals surface area contributed by atoms with Gasteiger partial charge in [-0.25, -0.2) is 0 Å². The summed E-state index contributed by atoms with van der Waals surface area (Å²) in [5.74, 6) is -1.37. The van der Waals surface area contributed by atoms with Gasteiger partial charge in [-0.3, -0.25) is 9.59 Å². The lowest BCUT2D eigenvalue weighted by Crippen LogP contribution is -2.36. The minimum absolute atomic E-state index is 0.0798. The number of aryl methyl sites for hydroxylation is 1. The summed E-state index contributed by atoms with van der Waals surface area (Å²) in [5.41, 5.74) is 2.52. The Bertz CT molecular complexity index is 911. The van der Waals surface area contributed by atoms with E-state index in [1.807, 2.05) is 49.4 Å². The molecule has 0 radical (unpaired) electrons. The number of hydrogen-bond donors (Lipinski definition) is 1. The third-order valence-corrected chi connectivity index (χ3v) is 5.40. The van der Waals surface area contributed by atoms with Gasteiger partial charge in [-0.2, -0.15) is 0 Å². The molecule has 1 amide bonds. The summed E-state index contributed by atoms with van der Waals surface area (Å²) in [6, 6.07) is 16.0. The number of carbonyl (C=O) groups is 2. The fourth-order valence-corrected chi connectivity index (χ4v) is 3.92. The summed E-state index contributed by atoms with van der Waals surface area (Å²) >= 11 is 0. The second-order valence-electron chi connectivity index (χ2n) is 7.36. The summed E-state index contributed by atoms with van der Waals surface area (Å²) in [4.78, 5) is 27.3. The topological polar surface area (TPSA) is 66.8 Å². The maximum atomic E-state index is 12.9. The molecule has 0 bridgehead atoms. The van der Waals surface area contributed by atoms with E-state index < -0.39 is 17.7 Å². The van der Waals surface area contributed by atoms with Crippen LogP contribution in [-0.2, 0) is 14.3 Å². The van der Waals surface area contributed by atoms with Crippen LogP contribution in [0, 0.1) is 6.92 Å². The summed E-state index contributed by atoms with van der Waals surface area (Å²) in [7, 11) is 0. The normalized spacial score (nSPS) is 24.1. The highest BCUT2D eigenvalue weighted by atomic mass is 16.5. The van der Waals surface area contributed by atoms with E-state index in [4.69, 9.17) is 4.74 Å². The lowest BCUT2D eigenvalue weighted by atomic mass is 9.95. The van der Waals surface area contributed by atoms with Crippen molar-refractivity contribution in [1.82, 2.24) is 4.90 Å². The van der Waals surface area contributed by atoms with E-state index in [1.165, 1.54) is 0 Å². The van der Waals surface area contributed by atoms with Crippen molar-refractivity contribution in [2.24, 2.45) is 0 Å². The molecule has 4 rings (SSSR count). The van der Waals surface area contributed by atoms with Crippen LogP contribution >= 0.6 is 0 Å². The van der Waals surface area contributed by atoms with Crippen LogP contribution in [0.1, 0.15) is 35.6 Å². The zero-order chi connectivity index (χ0) is 19.7. The minimum Gasteiger partial charge on any atom is -0.507 e. The first-order chi connectivity index (χ1) is 13.6. The van der Waals surface area contributed by atoms with Gasteiger partial charge in [0.05, 0.1) is 17.7 Å². The number of benzene rings is 2. The number of rotatable bonds is 4. The van der Waals surface area contributed by atoms with Crippen molar-refractivity contribution in [3.05, 3.63) is 76.9 Å². The van der Waals surface area contributed by atoms with Crippen LogP contribution in [-0.4, -0.2) is 41.0 Å². The molecule has 2 aliphatic heterocycles. The Morgan fingerprint density at radius 3 is 2.46 bits per heavy atom. The van der Waals surface area contributed by atoms with E-state index >= 15 is 0 Å². The SMILES string of the molecule is Cc1ccc(C(O)=C2C(=O)C(=O)N(C[C@@H]3CCCO3)[C@H]2c2ccccc2)cc1. The lowest BCUT2D eigenvalue weighted by molar-refractivity contribution is -0.140. The van der Waals surface area contributed by atoms with Crippen molar-refractivity contribution in [1.29, 1.82) is 0 Å². The molecule has 144 valence electrons. The summed E-state index contributed by atoms with van der Waals surface area (Å²) in [6.45, 7) is 2.97. The number of nitrogens with zero attached hydrogens (tertiary/aromatic N) is 1. The highest BCUT2D eigenvalue weighted by Crippen LogP contribution is 2.39. The van der Waals surface area contributed by atoms with Gasteiger partial charge in [-0.05, 0) is 25.3 Å². The Hall–Kier alpha value is -2.92. The molecule has 5 heteroatoms. The average molecular weight is 377 g/mol. The molecule has 2 fully saturated rings. The summed E-state index contributed by atoms with van der Waals surface area (Å²) in [5, 5.41) is 11.0. The van der Waals surface area contributed by atoms with E-state index in [0.29, 0.717) is 18.7 Å². The molecule has 2 atom stereocenters. The molecule has 0 saturated carbocycles. The molecule has 0 unspecified atom stereocenters. The summed E-state index contributed by atoms with van der Waals surface area (Å²) in [6.07, 6.45) is 1.74. The number of carbonyl (C=O) groups excluding carboxylic acids is 2. The van der Waals surface area contributed by atoms with E-state index in [1.54, 1.807) is 17.0 Å². The molecule has 2 saturated heterocycles. The second kappa shape index (κ2) is 7.60. The molecule has 2 aromatic rings. The molecule has 0 aromatic heterocycles. The number of aliphatic hydroxyl groups excluding tert-OH is 1. The summed E-state index contributed by atoms with van der Waals surface area (Å²) < 4.78 is 5.69. The van der Waals surface area contributed by atoms with E-state index in [2.05, 4.69) is 0 Å². The Balaban J connectivity index is 1.80. The standard InChI is InChI=1S/C23H23NO4/c1-15-9-11-17(12-10-15)21(25)19-20(16-6-3-2-4-7-16)24(23(27)22(19)26)14-18-8-5-13-28-18/h2-4,6-7,9-12,18,20,25H,5,8,13-14H2,1H3/t18-,20-/m0/s1. The van der Waals surface area contributed by atoms with Crippen molar-refractivity contribution in [3.63, 3.8) is 0 Å². The molecular formula is C23H23NO4. The molecule has 0 spiro atoms. The van der Waals surface area contributed by atoms with Crippen LogP contribution in [0.4, 0.5) is 0 Å². The van der Waals surface area contributed by atoms with Gasteiger partial charge in [0.25, 0.3) is 11.7 Å². The van der Waals surface area contributed by atoms with E-state index in [0.717, 1.165) is 24.0 Å². The fraction of sp³-hybridized carbons (Fsp3) is 0.304. The molecule has 2 aromatic carbocycles. The highest BCUT2D eigenvalue weighted by molar-refractivity contribution is 6.46. The van der Waals surface area contributed by atoms with Gasteiger partial charge >= 0.3 is 0 Å². The van der Waals surface area contributed by atoms with Crippen molar-refractivity contribution >= 4 is 17.4 Å². The van der Waals surface area contributed by atoms with Gasteiger partial charge in [0.2, 0.25) is 0 Å². The number of ketones is 1. The number of hydrogen-bond acceptors (Lipinski definition) is 4. The van der Waals surface area contributed by atoms with E-state index in [9.17, 15) is 14.7 Å². The Kier molecular flexibility index (Phi) is 5.01. The van der Waals surface area contributed by atoms with Crippen LogP contribution in [0.15, 0.2) is 60.2 Å². The quantitative estimate of drug-likeness (QED) is 0.502. The predicted molar refractivity (Wildman–Crippen MR) is 106 cm³/mol. The van der Waals surface area contributed by atoms with Crippen molar-refractivity contribution in [3.8, 4) is 0 Å². The van der Waals surface area contributed by atoms with Gasteiger partial charge in [0, 0.05) is 18.7 Å².